The summed E-state index contributed by atoms with van der Waals surface area (Å²) in [6, 6.07) is 8.42. The molecule has 0 fully saturated rings. The molecule has 0 aliphatic rings. The summed E-state index contributed by atoms with van der Waals surface area (Å²) in [5, 5.41) is 3.47. The van der Waals surface area contributed by atoms with Crippen LogP contribution < -0.4 is 5.32 Å². The number of nitrogens with one attached hydrogen (secondary N) is 1. The van der Waals surface area contributed by atoms with Gasteiger partial charge in [-0.3, -0.25) is 0 Å². The average Bonchev–Trinajstić information content (AvgIpc) is 2.33. The van der Waals surface area contributed by atoms with Gasteiger partial charge in [0.2, 0.25) is 0 Å². The van der Waals surface area contributed by atoms with Gasteiger partial charge in [-0.1, -0.05) is 24.3 Å². The quantitative estimate of drug-likeness (QED) is 0.837. The normalized spacial score (nSPS) is 12.9. The Kier molecular flexibility index (Phi) is 6.38. The fourth-order valence-electron chi connectivity index (χ4n) is 1.92. The molecule has 0 aromatic heterocycles. The Balaban J connectivity index is 2.56. The molecule has 1 N–H and O–H groups in total. The second kappa shape index (κ2) is 7.38. The van der Waals surface area contributed by atoms with Crippen molar-refractivity contribution >= 4 is 9.84 Å². The van der Waals surface area contributed by atoms with Crippen LogP contribution in [-0.2, 0) is 22.9 Å². The van der Waals surface area contributed by atoms with Gasteiger partial charge in [0.25, 0.3) is 0 Å². The van der Waals surface area contributed by atoms with Gasteiger partial charge in [-0.25, -0.2) is 8.42 Å². The second-order valence-corrected chi connectivity index (χ2v) is 9.05. The van der Waals surface area contributed by atoms with Crippen LogP contribution >= 0.6 is 0 Å². The number of nitrogens with zero attached hydrogens (tertiary/aromatic N) is 1. The maximum absolute atomic E-state index is 11.2. The maximum atomic E-state index is 11.2. The standard InChI is InChI=1S/C16H28N2O2S/c1-16(2,3)17-12-14-7-6-8-15(11-14)13-18(4)9-10-21(5,19)20/h6-8,11,17H,9-10,12-13H2,1-5H3. The van der Waals surface area contributed by atoms with Gasteiger partial charge in [0.15, 0.2) is 0 Å². The zero-order valence-electron chi connectivity index (χ0n) is 13.8. The van der Waals surface area contributed by atoms with E-state index in [1.165, 1.54) is 17.4 Å². The van der Waals surface area contributed by atoms with Crippen LogP contribution in [0.15, 0.2) is 24.3 Å². The molecule has 5 heteroatoms. The number of benzene rings is 1. The van der Waals surface area contributed by atoms with Gasteiger partial charge in [0.05, 0.1) is 5.75 Å². The highest BCUT2D eigenvalue weighted by Crippen LogP contribution is 2.09. The van der Waals surface area contributed by atoms with E-state index in [1.54, 1.807) is 0 Å². The molecule has 0 atom stereocenters. The van der Waals surface area contributed by atoms with Crippen molar-refractivity contribution in [3.8, 4) is 0 Å². The van der Waals surface area contributed by atoms with Gasteiger partial charge < -0.3 is 10.2 Å². The number of sulfone groups is 1. The summed E-state index contributed by atoms with van der Waals surface area (Å²) in [6.07, 6.45) is 1.28. The highest BCUT2D eigenvalue weighted by molar-refractivity contribution is 7.90. The summed E-state index contributed by atoms with van der Waals surface area (Å²) in [4.78, 5) is 2.04. The lowest BCUT2D eigenvalue weighted by molar-refractivity contribution is 0.346. The summed E-state index contributed by atoms with van der Waals surface area (Å²) in [7, 11) is -0.947. The average molecular weight is 312 g/mol. The van der Waals surface area contributed by atoms with Crippen molar-refractivity contribution in [1.82, 2.24) is 10.2 Å². The first kappa shape index (κ1) is 18.1. The minimum Gasteiger partial charge on any atom is -0.308 e. The van der Waals surface area contributed by atoms with Crippen molar-refractivity contribution in [3.05, 3.63) is 35.4 Å². The Morgan fingerprint density at radius 2 is 1.81 bits per heavy atom. The van der Waals surface area contributed by atoms with E-state index < -0.39 is 9.84 Å². The number of hydrogen-bond donors (Lipinski definition) is 1. The zero-order valence-corrected chi connectivity index (χ0v) is 14.6. The maximum Gasteiger partial charge on any atom is 0.148 e. The first-order valence-electron chi connectivity index (χ1n) is 7.24. The van der Waals surface area contributed by atoms with E-state index in [2.05, 4.69) is 50.4 Å². The summed E-state index contributed by atoms with van der Waals surface area (Å²) in [5.74, 6) is 0.203. The molecule has 0 aliphatic carbocycles. The fourth-order valence-corrected chi connectivity index (χ4v) is 2.56. The molecule has 0 heterocycles. The molecule has 1 aromatic rings. The van der Waals surface area contributed by atoms with Gasteiger partial charge in [0, 0.05) is 31.4 Å². The summed E-state index contributed by atoms with van der Waals surface area (Å²) in [6.45, 7) is 8.61. The first-order valence-corrected chi connectivity index (χ1v) is 9.30. The van der Waals surface area contributed by atoms with E-state index in [4.69, 9.17) is 0 Å². The topological polar surface area (TPSA) is 49.4 Å². The SMILES string of the molecule is CN(CCS(C)(=O)=O)Cc1cccc(CNC(C)(C)C)c1. The van der Waals surface area contributed by atoms with Gasteiger partial charge in [-0.05, 0) is 38.9 Å². The molecule has 0 spiro atoms. The second-order valence-electron chi connectivity index (χ2n) is 6.79. The summed E-state index contributed by atoms with van der Waals surface area (Å²) < 4.78 is 22.4. The Labute approximate surface area is 129 Å². The van der Waals surface area contributed by atoms with Gasteiger partial charge in [0.1, 0.15) is 9.84 Å². The lowest BCUT2D eigenvalue weighted by Gasteiger charge is -2.21. The van der Waals surface area contributed by atoms with Crippen LogP contribution in [0.5, 0.6) is 0 Å². The molecule has 0 radical (unpaired) electrons. The van der Waals surface area contributed by atoms with Crippen LogP contribution in [0.1, 0.15) is 31.9 Å². The molecule has 0 unspecified atom stereocenters. The van der Waals surface area contributed by atoms with E-state index in [0.717, 1.165) is 13.1 Å². The predicted molar refractivity (Wildman–Crippen MR) is 89.1 cm³/mol. The molecule has 0 saturated carbocycles. The molecule has 4 nitrogen and oxygen atoms in total. The third-order valence-corrected chi connectivity index (χ3v) is 4.03. The van der Waals surface area contributed by atoms with Crippen LogP contribution in [0.3, 0.4) is 0 Å². The number of rotatable bonds is 7. The Bertz CT molecular complexity index is 548. The lowest BCUT2D eigenvalue weighted by atomic mass is 10.1. The minimum absolute atomic E-state index is 0.0995. The van der Waals surface area contributed by atoms with Crippen LogP contribution in [0.25, 0.3) is 0 Å². The van der Waals surface area contributed by atoms with Crippen LogP contribution in [0.2, 0.25) is 0 Å². The molecule has 0 saturated heterocycles. The Morgan fingerprint density at radius 1 is 1.19 bits per heavy atom. The van der Waals surface area contributed by atoms with Crippen LogP contribution in [0, 0.1) is 0 Å². The van der Waals surface area contributed by atoms with Crippen molar-refractivity contribution in [3.63, 3.8) is 0 Å². The van der Waals surface area contributed by atoms with Gasteiger partial charge in [-0.2, -0.15) is 0 Å². The predicted octanol–water partition coefficient (Wildman–Crippen LogP) is 2.05. The highest BCUT2D eigenvalue weighted by Gasteiger charge is 2.09. The molecule has 1 aromatic carbocycles. The molecular weight excluding hydrogens is 284 g/mol. The minimum atomic E-state index is -2.90. The summed E-state index contributed by atoms with van der Waals surface area (Å²) in [5.41, 5.74) is 2.56. The van der Waals surface area contributed by atoms with E-state index in [9.17, 15) is 8.42 Å². The highest BCUT2D eigenvalue weighted by atomic mass is 32.2. The molecule has 0 bridgehead atoms. The molecule has 120 valence electrons. The van der Waals surface area contributed by atoms with Crippen LogP contribution in [0.4, 0.5) is 0 Å². The van der Waals surface area contributed by atoms with Gasteiger partial charge >= 0.3 is 0 Å². The van der Waals surface area contributed by atoms with Crippen molar-refractivity contribution in [2.75, 3.05) is 25.6 Å². The van der Waals surface area contributed by atoms with Gasteiger partial charge in [-0.15, -0.1) is 0 Å². The third-order valence-electron chi connectivity index (χ3n) is 3.11. The van der Waals surface area contributed by atoms with Crippen molar-refractivity contribution in [2.24, 2.45) is 0 Å². The molecule has 1 rings (SSSR count). The lowest BCUT2D eigenvalue weighted by Crippen LogP contribution is -2.35. The molecule has 21 heavy (non-hydrogen) atoms. The van der Waals surface area contributed by atoms with E-state index in [-0.39, 0.29) is 11.3 Å². The van der Waals surface area contributed by atoms with Crippen molar-refractivity contribution in [1.29, 1.82) is 0 Å². The smallest absolute Gasteiger partial charge is 0.148 e. The monoisotopic (exact) mass is 312 g/mol. The Hall–Kier alpha value is -0.910. The summed E-state index contributed by atoms with van der Waals surface area (Å²) >= 11 is 0. The third kappa shape index (κ3) is 8.86. The largest absolute Gasteiger partial charge is 0.308 e. The van der Waals surface area contributed by atoms with Crippen molar-refractivity contribution in [2.45, 2.75) is 39.4 Å². The van der Waals surface area contributed by atoms with E-state index in [0.29, 0.717) is 6.54 Å². The Morgan fingerprint density at radius 3 is 2.38 bits per heavy atom. The number of hydrogen-bond acceptors (Lipinski definition) is 4. The zero-order chi connectivity index (χ0) is 16.1. The fraction of sp³-hybridized carbons (Fsp3) is 0.625. The van der Waals surface area contributed by atoms with E-state index >= 15 is 0 Å². The van der Waals surface area contributed by atoms with E-state index in [1.807, 2.05) is 11.9 Å². The molecular formula is C16H28N2O2S. The van der Waals surface area contributed by atoms with Crippen LogP contribution in [-0.4, -0.2) is 44.5 Å². The molecule has 0 amide bonds. The van der Waals surface area contributed by atoms with Crippen molar-refractivity contribution < 1.29 is 8.42 Å². The first-order chi connectivity index (χ1) is 9.55. The molecule has 0 aliphatic heterocycles.